The number of nitrogens with zero attached hydrogens (tertiary/aromatic N) is 1. The summed E-state index contributed by atoms with van der Waals surface area (Å²) in [5.41, 5.74) is 1.80. The predicted octanol–water partition coefficient (Wildman–Crippen LogP) is 3.73. The fourth-order valence-electron chi connectivity index (χ4n) is 4.09. The molecular formula is C20H32FN3O2S. The van der Waals surface area contributed by atoms with Crippen LogP contribution in [0.3, 0.4) is 0 Å². The van der Waals surface area contributed by atoms with E-state index >= 15 is 0 Å². The number of hydrogen-bond acceptors (Lipinski definition) is 4. The van der Waals surface area contributed by atoms with Gasteiger partial charge in [0.25, 0.3) is 0 Å². The topological polar surface area (TPSA) is 61.4 Å². The first-order valence-corrected chi connectivity index (χ1v) is 11.9. The molecular weight excluding hydrogens is 365 g/mol. The molecule has 1 aromatic carbocycles. The highest BCUT2D eigenvalue weighted by Crippen LogP contribution is 2.28. The molecule has 5 nitrogen and oxygen atoms in total. The molecule has 2 N–H and O–H groups in total. The van der Waals surface area contributed by atoms with Gasteiger partial charge in [-0.3, -0.25) is 0 Å². The van der Waals surface area contributed by atoms with Crippen LogP contribution in [0.2, 0.25) is 0 Å². The smallest absolute Gasteiger partial charge is 0.211 e. The van der Waals surface area contributed by atoms with Crippen LogP contribution in [0.5, 0.6) is 0 Å². The molecule has 0 spiro atoms. The monoisotopic (exact) mass is 397 g/mol. The normalized spacial score (nSPS) is 24.0. The van der Waals surface area contributed by atoms with Gasteiger partial charge in [-0.2, -0.15) is 0 Å². The van der Waals surface area contributed by atoms with Gasteiger partial charge in [0.05, 0.1) is 5.75 Å². The van der Waals surface area contributed by atoms with Gasteiger partial charge in [-0.25, -0.2) is 17.5 Å². The molecule has 1 saturated carbocycles. The van der Waals surface area contributed by atoms with E-state index in [0.717, 1.165) is 56.7 Å². The summed E-state index contributed by atoms with van der Waals surface area (Å²) < 4.78 is 40.2. The van der Waals surface area contributed by atoms with Gasteiger partial charge >= 0.3 is 0 Å². The quantitative estimate of drug-likeness (QED) is 0.736. The summed E-state index contributed by atoms with van der Waals surface area (Å²) in [7, 11) is -3.12. The number of hydrogen-bond donors (Lipinski definition) is 2. The van der Waals surface area contributed by atoms with Gasteiger partial charge in [-0.05, 0) is 76.0 Å². The molecule has 0 bridgehead atoms. The van der Waals surface area contributed by atoms with E-state index in [1.165, 1.54) is 19.3 Å². The van der Waals surface area contributed by atoms with Crippen LogP contribution >= 0.6 is 0 Å². The standard InChI is InChI=1S/C20H32FN3O2S/c1-2-27(25,26)23-18-8-6-16(7-9-18)15-22-19-12-17(21)13-20(14-19)24-10-4-3-5-11-24/h12-14,16,18,22-23H,2-11,15H2,1H3/t16-,18-. The molecule has 1 aromatic rings. The van der Waals surface area contributed by atoms with Crippen molar-refractivity contribution in [2.75, 3.05) is 35.6 Å². The number of halogens is 1. The number of piperidine rings is 1. The van der Waals surface area contributed by atoms with Crippen molar-refractivity contribution in [3.05, 3.63) is 24.0 Å². The lowest BCUT2D eigenvalue weighted by Gasteiger charge is -2.30. The number of nitrogens with one attached hydrogen (secondary N) is 2. The number of anilines is 2. The molecule has 3 rings (SSSR count). The Morgan fingerprint density at radius 3 is 2.44 bits per heavy atom. The third kappa shape index (κ3) is 6.07. The molecule has 1 aliphatic carbocycles. The maximum Gasteiger partial charge on any atom is 0.211 e. The zero-order chi connectivity index (χ0) is 19.3. The molecule has 0 amide bonds. The Bertz CT molecular complexity index is 712. The van der Waals surface area contributed by atoms with E-state index in [1.54, 1.807) is 19.1 Å². The number of rotatable bonds is 7. The Hall–Kier alpha value is -1.34. The summed E-state index contributed by atoms with van der Waals surface area (Å²) in [6, 6.07) is 5.30. The van der Waals surface area contributed by atoms with Crippen LogP contribution in [0.25, 0.3) is 0 Å². The van der Waals surface area contributed by atoms with Crippen molar-refractivity contribution in [2.45, 2.75) is 57.9 Å². The zero-order valence-corrected chi connectivity index (χ0v) is 17.0. The third-order valence-electron chi connectivity index (χ3n) is 5.77. The van der Waals surface area contributed by atoms with E-state index in [4.69, 9.17) is 0 Å². The Morgan fingerprint density at radius 2 is 1.78 bits per heavy atom. The number of benzene rings is 1. The third-order valence-corrected chi connectivity index (χ3v) is 7.22. The van der Waals surface area contributed by atoms with Crippen molar-refractivity contribution in [3.63, 3.8) is 0 Å². The van der Waals surface area contributed by atoms with E-state index in [-0.39, 0.29) is 17.6 Å². The fourth-order valence-corrected chi connectivity index (χ4v) is 5.01. The molecule has 0 atom stereocenters. The molecule has 2 fully saturated rings. The summed E-state index contributed by atoms with van der Waals surface area (Å²) in [6.07, 6.45) is 7.31. The first kappa shape index (κ1) is 20.4. The molecule has 0 radical (unpaired) electrons. The highest BCUT2D eigenvalue weighted by molar-refractivity contribution is 7.89. The lowest BCUT2D eigenvalue weighted by molar-refractivity contribution is 0.324. The van der Waals surface area contributed by atoms with E-state index in [9.17, 15) is 12.8 Å². The predicted molar refractivity (Wildman–Crippen MR) is 109 cm³/mol. The van der Waals surface area contributed by atoms with Gasteiger partial charge < -0.3 is 10.2 Å². The zero-order valence-electron chi connectivity index (χ0n) is 16.2. The van der Waals surface area contributed by atoms with Crippen LogP contribution in [0.4, 0.5) is 15.8 Å². The van der Waals surface area contributed by atoms with E-state index < -0.39 is 10.0 Å². The van der Waals surface area contributed by atoms with E-state index in [0.29, 0.717) is 5.92 Å². The molecule has 7 heteroatoms. The van der Waals surface area contributed by atoms with Crippen LogP contribution in [-0.4, -0.2) is 39.8 Å². The van der Waals surface area contributed by atoms with Crippen LogP contribution < -0.4 is 14.9 Å². The summed E-state index contributed by atoms with van der Waals surface area (Å²) in [4.78, 5) is 2.27. The SMILES string of the molecule is CCS(=O)(=O)N[C@H]1CC[C@H](CNc2cc(F)cc(N3CCCCC3)c2)CC1. The fraction of sp³-hybridized carbons (Fsp3) is 0.700. The second kappa shape index (κ2) is 9.24. The van der Waals surface area contributed by atoms with Gasteiger partial charge in [0.15, 0.2) is 0 Å². The largest absolute Gasteiger partial charge is 0.385 e. The average Bonchev–Trinajstić information content (AvgIpc) is 2.67. The summed E-state index contributed by atoms with van der Waals surface area (Å²) in [5.74, 6) is 0.431. The average molecular weight is 398 g/mol. The highest BCUT2D eigenvalue weighted by atomic mass is 32.2. The Labute approximate surface area is 162 Å². The van der Waals surface area contributed by atoms with Crippen molar-refractivity contribution in [1.82, 2.24) is 4.72 Å². The maximum absolute atomic E-state index is 14.1. The van der Waals surface area contributed by atoms with Crippen molar-refractivity contribution in [3.8, 4) is 0 Å². The minimum absolute atomic E-state index is 0.0612. The first-order chi connectivity index (χ1) is 12.9. The van der Waals surface area contributed by atoms with Crippen molar-refractivity contribution in [2.24, 2.45) is 5.92 Å². The van der Waals surface area contributed by atoms with Gasteiger partial charge in [-0.1, -0.05) is 0 Å². The summed E-state index contributed by atoms with van der Waals surface area (Å²) in [6.45, 7) is 4.46. The molecule has 1 heterocycles. The Kier molecular flexibility index (Phi) is 6.98. The summed E-state index contributed by atoms with van der Waals surface area (Å²) in [5, 5.41) is 3.40. The number of sulfonamides is 1. The summed E-state index contributed by atoms with van der Waals surface area (Å²) >= 11 is 0. The van der Waals surface area contributed by atoms with Crippen molar-refractivity contribution < 1.29 is 12.8 Å². The van der Waals surface area contributed by atoms with Crippen molar-refractivity contribution >= 4 is 21.4 Å². The van der Waals surface area contributed by atoms with Gasteiger partial charge in [-0.15, -0.1) is 0 Å². The molecule has 1 aliphatic heterocycles. The van der Waals surface area contributed by atoms with E-state index in [1.807, 2.05) is 0 Å². The van der Waals surface area contributed by atoms with Crippen LogP contribution in [0.1, 0.15) is 51.9 Å². The minimum Gasteiger partial charge on any atom is -0.385 e. The molecule has 27 heavy (non-hydrogen) atoms. The Balaban J connectivity index is 1.50. The molecule has 0 aromatic heterocycles. The second-order valence-corrected chi connectivity index (χ2v) is 9.91. The minimum atomic E-state index is -3.12. The molecule has 0 unspecified atom stereocenters. The van der Waals surface area contributed by atoms with Crippen LogP contribution in [0.15, 0.2) is 18.2 Å². The lowest BCUT2D eigenvalue weighted by Crippen LogP contribution is -2.39. The maximum atomic E-state index is 14.1. The van der Waals surface area contributed by atoms with Gasteiger partial charge in [0.1, 0.15) is 5.82 Å². The molecule has 2 aliphatic rings. The van der Waals surface area contributed by atoms with Crippen LogP contribution in [-0.2, 0) is 10.0 Å². The highest BCUT2D eigenvalue weighted by Gasteiger charge is 2.24. The van der Waals surface area contributed by atoms with Crippen molar-refractivity contribution in [1.29, 1.82) is 0 Å². The first-order valence-electron chi connectivity index (χ1n) is 10.2. The van der Waals surface area contributed by atoms with Crippen LogP contribution in [0, 0.1) is 11.7 Å². The van der Waals surface area contributed by atoms with Gasteiger partial charge in [0.2, 0.25) is 10.0 Å². The molecule has 152 valence electrons. The molecule has 1 saturated heterocycles. The van der Waals surface area contributed by atoms with Gasteiger partial charge in [0, 0.05) is 37.1 Å². The Morgan fingerprint density at radius 1 is 1.07 bits per heavy atom. The second-order valence-electron chi connectivity index (χ2n) is 7.87. The van der Waals surface area contributed by atoms with E-state index in [2.05, 4.69) is 21.0 Å². The lowest BCUT2D eigenvalue weighted by atomic mass is 9.86.